The summed E-state index contributed by atoms with van der Waals surface area (Å²) in [7, 11) is 3.44. The summed E-state index contributed by atoms with van der Waals surface area (Å²) in [4.78, 5) is 14.7. The number of methoxy groups -OCH3 is 1. The Bertz CT molecular complexity index is 931. The summed E-state index contributed by atoms with van der Waals surface area (Å²) in [6.45, 7) is 7.19. The van der Waals surface area contributed by atoms with Gasteiger partial charge in [0.15, 0.2) is 0 Å². The zero-order valence-electron chi connectivity index (χ0n) is 20.8. The highest BCUT2D eigenvalue weighted by Gasteiger charge is 2.34. The number of benzene rings is 2. The average Bonchev–Trinajstić information content (AvgIpc) is 2.88. The summed E-state index contributed by atoms with van der Waals surface area (Å²) in [5.41, 5.74) is 4.33. The van der Waals surface area contributed by atoms with Gasteiger partial charge in [-0.15, -0.1) is 0 Å². The van der Waals surface area contributed by atoms with Gasteiger partial charge < -0.3 is 15.0 Å². The third kappa shape index (κ3) is 5.27. The molecule has 0 unspecified atom stereocenters. The molecule has 4 rings (SSSR count). The van der Waals surface area contributed by atoms with Gasteiger partial charge in [-0.2, -0.15) is 0 Å². The minimum Gasteiger partial charge on any atom is -0.496 e. The molecule has 0 radical (unpaired) electrons. The molecule has 178 valence electrons. The first-order valence-corrected chi connectivity index (χ1v) is 12.8. The highest BCUT2D eigenvalue weighted by molar-refractivity contribution is 5.94. The van der Waals surface area contributed by atoms with Crippen molar-refractivity contribution >= 4 is 5.91 Å². The molecule has 1 saturated carbocycles. The number of carbonyl (C=O) groups is 1. The van der Waals surface area contributed by atoms with E-state index < -0.39 is 0 Å². The maximum atomic E-state index is 11.9. The lowest BCUT2D eigenvalue weighted by Gasteiger charge is -2.44. The predicted octanol–water partition coefficient (Wildman–Crippen LogP) is 6.12. The Labute approximate surface area is 199 Å². The highest BCUT2D eigenvalue weighted by atomic mass is 16.5. The summed E-state index contributed by atoms with van der Waals surface area (Å²) in [5.74, 6) is 3.20. The van der Waals surface area contributed by atoms with Gasteiger partial charge in [-0.1, -0.05) is 44.9 Å². The molecule has 4 heteroatoms. The Morgan fingerprint density at radius 3 is 2.36 bits per heavy atom. The summed E-state index contributed by atoms with van der Waals surface area (Å²) < 4.78 is 5.78. The van der Waals surface area contributed by atoms with Crippen LogP contribution < -0.4 is 10.1 Å². The smallest absolute Gasteiger partial charge is 0.251 e. The zero-order chi connectivity index (χ0) is 23.4. The molecule has 1 N–H and O–H groups in total. The molecular formula is C29H40N2O2. The van der Waals surface area contributed by atoms with E-state index in [9.17, 15) is 4.79 Å². The molecule has 1 amide bonds. The number of piperidine rings is 1. The van der Waals surface area contributed by atoms with Crippen molar-refractivity contribution < 1.29 is 9.53 Å². The molecule has 0 bridgehead atoms. The summed E-state index contributed by atoms with van der Waals surface area (Å²) in [5, 5.41) is 2.68. The van der Waals surface area contributed by atoms with Crippen LogP contribution in [0.3, 0.4) is 0 Å². The molecule has 1 heterocycles. The number of amides is 1. The van der Waals surface area contributed by atoms with Crippen LogP contribution in [0.15, 0.2) is 42.5 Å². The molecule has 33 heavy (non-hydrogen) atoms. The molecule has 2 fully saturated rings. The van der Waals surface area contributed by atoms with Gasteiger partial charge in [-0.05, 0) is 97.5 Å². The number of nitrogens with one attached hydrogen (secondary N) is 1. The first kappa shape index (κ1) is 23.8. The number of rotatable bonds is 6. The number of likely N-dealkylation sites (tertiary alicyclic amines) is 1. The third-order valence-electron chi connectivity index (χ3n) is 8.21. The average molecular weight is 449 g/mol. The molecule has 4 nitrogen and oxygen atoms in total. The lowest BCUT2D eigenvalue weighted by atomic mass is 9.76. The van der Waals surface area contributed by atoms with Crippen molar-refractivity contribution in [3.05, 3.63) is 53.6 Å². The van der Waals surface area contributed by atoms with Gasteiger partial charge in [-0.3, -0.25) is 4.79 Å². The van der Waals surface area contributed by atoms with Crippen LogP contribution in [0.5, 0.6) is 5.75 Å². The minimum atomic E-state index is -0.0544. The van der Waals surface area contributed by atoms with Crippen LogP contribution in [0.1, 0.15) is 74.2 Å². The Hall–Kier alpha value is -2.33. The summed E-state index contributed by atoms with van der Waals surface area (Å²) in [6.07, 6.45) is 7.89. The fourth-order valence-corrected chi connectivity index (χ4v) is 6.00. The van der Waals surface area contributed by atoms with Crippen molar-refractivity contribution in [3.63, 3.8) is 0 Å². The van der Waals surface area contributed by atoms with Gasteiger partial charge in [-0.25, -0.2) is 0 Å². The molecule has 1 aliphatic carbocycles. The topological polar surface area (TPSA) is 41.6 Å². The second-order valence-electron chi connectivity index (χ2n) is 10.1. The Kier molecular flexibility index (Phi) is 7.75. The van der Waals surface area contributed by atoms with Gasteiger partial charge in [0, 0.05) is 18.7 Å². The van der Waals surface area contributed by atoms with Crippen molar-refractivity contribution in [2.24, 2.45) is 11.8 Å². The third-order valence-corrected chi connectivity index (χ3v) is 8.21. The molecule has 1 saturated heterocycles. The minimum absolute atomic E-state index is 0.0544. The molecule has 3 atom stereocenters. The fourth-order valence-electron chi connectivity index (χ4n) is 6.00. The van der Waals surface area contributed by atoms with Crippen LogP contribution in [0.4, 0.5) is 0 Å². The molecule has 1 aliphatic heterocycles. The molecule has 0 spiro atoms. The number of hydrogen-bond donors (Lipinski definition) is 1. The molecule has 2 aliphatic rings. The monoisotopic (exact) mass is 448 g/mol. The molecule has 2 aromatic carbocycles. The Morgan fingerprint density at radius 2 is 1.73 bits per heavy atom. The number of nitrogens with zero attached hydrogens (tertiary/aromatic N) is 1. The van der Waals surface area contributed by atoms with Crippen molar-refractivity contribution in [1.82, 2.24) is 10.2 Å². The van der Waals surface area contributed by atoms with E-state index in [0.29, 0.717) is 11.5 Å². The number of hydrogen-bond acceptors (Lipinski definition) is 3. The van der Waals surface area contributed by atoms with Gasteiger partial charge >= 0.3 is 0 Å². The summed E-state index contributed by atoms with van der Waals surface area (Å²) >= 11 is 0. The van der Waals surface area contributed by atoms with E-state index in [1.807, 2.05) is 24.3 Å². The molecule has 2 aromatic rings. The van der Waals surface area contributed by atoms with Crippen LogP contribution in [-0.2, 0) is 0 Å². The normalized spacial score (nSPS) is 24.4. The van der Waals surface area contributed by atoms with Crippen LogP contribution >= 0.6 is 0 Å². The van der Waals surface area contributed by atoms with Crippen LogP contribution in [0.25, 0.3) is 11.1 Å². The molecular weight excluding hydrogens is 408 g/mol. The van der Waals surface area contributed by atoms with Crippen molar-refractivity contribution in [1.29, 1.82) is 0 Å². The standard InChI is InChI=1S/C29H40N2O2/c1-5-21-7-6-20(2)27(18-21)31-16-14-23(15-17-31)26-19-25(12-13-28(26)33-4)22-8-10-24(11-9-22)29(32)30-3/h8-13,19-21,23,27H,5-7,14-18H2,1-4H3,(H,30,32)/t20-,21-,27+/m1/s1. The van der Waals surface area contributed by atoms with E-state index in [0.717, 1.165) is 29.2 Å². The number of ether oxygens (including phenoxy) is 1. The second kappa shape index (κ2) is 10.7. The maximum Gasteiger partial charge on any atom is 0.251 e. The van der Waals surface area contributed by atoms with E-state index >= 15 is 0 Å². The first-order valence-electron chi connectivity index (χ1n) is 12.8. The maximum absolute atomic E-state index is 11.9. The second-order valence-corrected chi connectivity index (χ2v) is 10.1. The van der Waals surface area contributed by atoms with Crippen LogP contribution in [-0.4, -0.2) is 44.1 Å². The van der Waals surface area contributed by atoms with E-state index in [1.54, 1.807) is 14.2 Å². The fraction of sp³-hybridized carbons (Fsp3) is 0.552. The van der Waals surface area contributed by atoms with Crippen LogP contribution in [0.2, 0.25) is 0 Å². The lowest BCUT2D eigenvalue weighted by molar-refractivity contribution is 0.0640. The Morgan fingerprint density at radius 1 is 1.03 bits per heavy atom. The SMILES string of the molecule is CC[C@@H]1CC[C@@H](C)[C@@H](N2CCC(c3cc(-c4ccc(C(=O)NC)cc4)ccc3OC)CC2)C1. The van der Waals surface area contributed by atoms with Gasteiger partial charge in [0.2, 0.25) is 0 Å². The quantitative estimate of drug-likeness (QED) is 0.579. The zero-order valence-corrected chi connectivity index (χ0v) is 20.8. The van der Waals surface area contributed by atoms with E-state index in [4.69, 9.17) is 4.74 Å². The molecule has 0 aromatic heterocycles. The van der Waals surface area contributed by atoms with Gasteiger partial charge in [0.25, 0.3) is 5.91 Å². The van der Waals surface area contributed by atoms with Crippen molar-refractivity contribution in [3.8, 4) is 16.9 Å². The lowest BCUT2D eigenvalue weighted by Crippen LogP contribution is -2.47. The van der Waals surface area contributed by atoms with E-state index in [2.05, 4.69) is 42.3 Å². The van der Waals surface area contributed by atoms with Crippen molar-refractivity contribution in [2.75, 3.05) is 27.2 Å². The van der Waals surface area contributed by atoms with E-state index in [-0.39, 0.29) is 5.91 Å². The highest BCUT2D eigenvalue weighted by Crippen LogP contribution is 2.40. The van der Waals surface area contributed by atoms with Gasteiger partial charge in [0.1, 0.15) is 5.75 Å². The largest absolute Gasteiger partial charge is 0.496 e. The van der Waals surface area contributed by atoms with Crippen molar-refractivity contribution in [2.45, 2.75) is 64.3 Å². The van der Waals surface area contributed by atoms with E-state index in [1.165, 1.54) is 62.7 Å². The van der Waals surface area contributed by atoms with Crippen LogP contribution in [0, 0.1) is 11.8 Å². The summed E-state index contributed by atoms with van der Waals surface area (Å²) in [6, 6.07) is 15.2. The van der Waals surface area contributed by atoms with Gasteiger partial charge in [0.05, 0.1) is 7.11 Å². The first-order chi connectivity index (χ1) is 16.0. The number of carbonyl (C=O) groups excluding carboxylic acids is 1. The predicted molar refractivity (Wildman–Crippen MR) is 136 cm³/mol. The Balaban J connectivity index is 1.48.